The second kappa shape index (κ2) is 8.97. The lowest BCUT2D eigenvalue weighted by molar-refractivity contribution is 0.0552. The minimum absolute atomic E-state index is 0.0495. The lowest BCUT2D eigenvalue weighted by Gasteiger charge is -2.22. The van der Waals surface area contributed by atoms with Crippen molar-refractivity contribution in [1.82, 2.24) is 14.8 Å². The summed E-state index contributed by atoms with van der Waals surface area (Å²) in [6.07, 6.45) is 0.949. The van der Waals surface area contributed by atoms with Crippen molar-refractivity contribution < 1.29 is 23.0 Å². The van der Waals surface area contributed by atoms with Gasteiger partial charge in [0.2, 0.25) is 0 Å². The molecule has 0 spiro atoms. The summed E-state index contributed by atoms with van der Waals surface area (Å²) in [5, 5.41) is 8.02. The van der Waals surface area contributed by atoms with Gasteiger partial charge in [-0.3, -0.25) is 9.48 Å². The Balaban J connectivity index is 1.67. The molecule has 1 fully saturated rings. The molecule has 9 heteroatoms. The molecule has 3 aromatic rings. The van der Waals surface area contributed by atoms with Crippen molar-refractivity contribution in [2.24, 2.45) is 0 Å². The van der Waals surface area contributed by atoms with Gasteiger partial charge in [-0.25, -0.2) is 13.8 Å². The number of alkyl halides is 2. The number of hydrogen-bond acceptors (Lipinski definition) is 5. The monoisotopic (exact) mass is 430 g/mol. The Labute approximate surface area is 178 Å². The molecule has 2 aromatic heterocycles. The summed E-state index contributed by atoms with van der Waals surface area (Å²) >= 11 is 0. The normalized spacial score (nSPS) is 16.8. The Morgan fingerprint density at radius 3 is 2.87 bits per heavy atom. The van der Waals surface area contributed by atoms with Crippen LogP contribution < -0.4 is 10.1 Å². The Morgan fingerprint density at radius 2 is 2.16 bits per heavy atom. The van der Waals surface area contributed by atoms with Gasteiger partial charge >= 0.3 is 0 Å². The molecule has 31 heavy (non-hydrogen) atoms. The Morgan fingerprint density at radius 1 is 1.32 bits per heavy atom. The second-order valence-corrected chi connectivity index (χ2v) is 7.76. The van der Waals surface area contributed by atoms with Crippen LogP contribution in [0.2, 0.25) is 0 Å². The molecule has 7 nitrogen and oxygen atoms in total. The van der Waals surface area contributed by atoms with E-state index < -0.39 is 18.0 Å². The van der Waals surface area contributed by atoms with E-state index >= 15 is 0 Å². The molecule has 0 radical (unpaired) electrons. The van der Waals surface area contributed by atoms with Gasteiger partial charge in [0.05, 0.1) is 29.8 Å². The molecule has 4 rings (SSSR count). The number of aromatic nitrogens is 3. The van der Waals surface area contributed by atoms with Gasteiger partial charge in [0.15, 0.2) is 0 Å². The molecule has 1 saturated heterocycles. The Bertz CT molecular complexity index is 1080. The molecule has 164 valence electrons. The van der Waals surface area contributed by atoms with Gasteiger partial charge < -0.3 is 14.8 Å². The van der Waals surface area contributed by atoms with Crippen LogP contribution in [-0.4, -0.2) is 40.0 Å². The molecule has 0 bridgehead atoms. The highest BCUT2D eigenvalue weighted by molar-refractivity contribution is 6.08. The van der Waals surface area contributed by atoms with Gasteiger partial charge in [-0.05, 0) is 44.9 Å². The van der Waals surface area contributed by atoms with E-state index in [-0.39, 0.29) is 23.5 Å². The first kappa shape index (κ1) is 21.2. The number of halogens is 2. The number of nitrogens with zero attached hydrogens (tertiary/aromatic N) is 3. The predicted octanol–water partition coefficient (Wildman–Crippen LogP) is 4.76. The van der Waals surface area contributed by atoms with Crippen LogP contribution in [0.5, 0.6) is 5.75 Å². The van der Waals surface area contributed by atoms with E-state index in [9.17, 15) is 13.6 Å². The number of fused-ring (bicyclic) bond motifs is 1. The molecule has 0 aliphatic carbocycles. The van der Waals surface area contributed by atoms with Crippen molar-refractivity contribution in [2.45, 2.75) is 45.3 Å². The SMILES string of the molecule is CC(C)Oc1cc2nn(C3CCCOC3)cc2cc1C(=O)Nc1cccc(C(F)F)n1. The lowest BCUT2D eigenvalue weighted by atomic mass is 10.1. The van der Waals surface area contributed by atoms with E-state index in [1.54, 1.807) is 12.1 Å². The number of anilines is 1. The first-order valence-corrected chi connectivity index (χ1v) is 10.2. The van der Waals surface area contributed by atoms with Crippen LogP contribution in [0.4, 0.5) is 14.6 Å². The fraction of sp³-hybridized carbons (Fsp3) is 0.409. The molecule has 1 unspecified atom stereocenters. The lowest BCUT2D eigenvalue weighted by Crippen LogP contribution is -2.21. The average Bonchev–Trinajstić information content (AvgIpc) is 3.16. The summed E-state index contributed by atoms with van der Waals surface area (Å²) in [5.41, 5.74) is 0.586. The number of carbonyl (C=O) groups excluding carboxylic acids is 1. The highest BCUT2D eigenvalue weighted by Gasteiger charge is 2.21. The third-order valence-corrected chi connectivity index (χ3v) is 4.98. The zero-order valence-electron chi connectivity index (χ0n) is 17.3. The van der Waals surface area contributed by atoms with Crippen molar-refractivity contribution in [1.29, 1.82) is 0 Å². The molecule has 0 saturated carbocycles. The topological polar surface area (TPSA) is 78.3 Å². The summed E-state index contributed by atoms with van der Waals surface area (Å²) in [7, 11) is 0. The summed E-state index contributed by atoms with van der Waals surface area (Å²) in [6, 6.07) is 7.68. The molecule has 1 N–H and O–H groups in total. The van der Waals surface area contributed by atoms with Crippen LogP contribution in [0.15, 0.2) is 36.5 Å². The molecular weight excluding hydrogens is 406 g/mol. The van der Waals surface area contributed by atoms with Crippen LogP contribution in [-0.2, 0) is 4.74 Å². The fourth-order valence-electron chi connectivity index (χ4n) is 3.55. The van der Waals surface area contributed by atoms with Crippen LogP contribution in [0.3, 0.4) is 0 Å². The third-order valence-electron chi connectivity index (χ3n) is 4.98. The summed E-state index contributed by atoms with van der Waals surface area (Å²) in [5.74, 6) is -0.0752. The standard InChI is InChI=1S/C22H24F2N4O3/c1-13(2)31-19-10-18-14(11-28(27-18)15-5-4-8-30-12-15)9-16(19)22(29)26-20-7-3-6-17(25-20)21(23)24/h3,6-7,9-11,13,15,21H,4-5,8,12H2,1-2H3,(H,25,26,29). The quantitative estimate of drug-likeness (QED) is 0.610. The van der Waals surface area contributed by atoms with Crippen molar-refractivity contribution in [3.05, 3.63) is 47.8 Å². The second-order valence-electron chi connectivity index (χ2n) is 7.76. The maximum Gasteiger partial charge on any atom is 0.280 e. The molecule has 1 aromatic carbocycles. The van der Waals surface area contributed by atoms with Gasteiger partial charge in [-0.15, -0.1) is 0 Å². The zero-order chi connectivity index (χ0) is 22.0. The molecule has 1 amide bonds. The fourth-order valence-corrected chi connectivity index (χ4v) is 3.55. The maximum absolute atomic E-state index is 13.0. The maximum atomic E-state index is 13.0. The number of rotatable bonds is 6. The molecule has 1 atom stereocenters. The summed E-state index contributed by atoms with van der Waals surface area (Å²) in [6.45, 7) is 5.08. The van der Waals surface area contributed by atoms with E-state index in [0.29, 0.717) is 17.9 Å². The van der Waals surface area contributed by atoms with Crippen LogP contribution in [0.25, 0.3) is 10.9 Å². The molecule has 3 heterocycles. The van der Waals surface area contributed by atoms with Crippen molar-refractivity contribution in [3.8, 4) is 5.75 Å². The first-order chi connectivity index (χ1) is 14.9. The third kappa shape index (κ3) is 4.82. The predicted molar refractivity (Wildman–Crippen MR) is 112 cm³/mol. The Kier molecular flexibility index (Phi) is 6.13. The van der Waals surface area contributed by atoms with Gasteiger partial charge in [0.1, 0.15) is 17.3 Å². The number of ether oxygens (including phenoxy) is 2. The van der Waals surface area contributed by atoms with Gasteiger partial charge in [0.25, 0.3) is 12.3 Å². The number of nitrogens with one attached hydrogen (secondary N) is 1. The summed E-state index contributed by atoms with van der Waals surface area (Å²) in [4.78, 5) is 16.8. The van der Waals surface area contributed by atoms with Gasteiger partial charge in [-0.1, -0.05) is 6.07 Å². The van der Waals surface area contributed by atoms with E-state index in [0.717, 1.165) is 24.8 Å². The van der Waals surface area contributed by atoms with E-state index in [1.165, 1.54) is 18.2 Å². The zero-order valence-corrected chi connectivity index (χ0v) is 17.3. The van der Waals surface area contributed by atoms with Crippen LogP contribution >= 0.6 is 0 Å². The van der Waals surface area contributed by atoms with E-state index in [2.05, 4.69) is 15.4 Å². The number of amides is 1. The van der Waals surface area contributed by atoms with Gasteiger partial charge in [-0.2, -0.15) is 5.10 Å². The van der Waals surface area contributed by atoms with E-state index in [4.69, 9.17) is 9.47 Å². The van der Waals surface area contributed by atoms with Crippen molar-refractivity contribution in [2.75, 3.05) is 18.5 Å². The average molecular weight is 430 g/mol. The minimum atomic E-state index is -2.72. The highest BCUT2D eigenvalue weighted by Crippen LogP contribution is 2.29. The smallest absolute Gasteiger partial charge is 0.280 e. The van der Waals surface area contributed by atoms with Crippen molar-refractivity contribution >= 4 is 22.6 Å². The number of hydrogen-bond donors (Lipinski definition) is 1. The summed E-state index contributed by atoms with van der Waals surface area (Å²) < 4.78 is 39.1. The highest BCUT2D eigenvalue weighted by atomic mass is 19.3. The number of carbonyl (C=O) groups is 1. The van der Waals surface area contributed by atoms with E-state index in [1.807, 2.05) is 24.7 Å². The molecule has 1 aliphatic rings. The number of pyridine rings is 1. The first-order valence-electron chi connectivity index (χ1n) is 10.2. The largest absolute Gasteiger partial charge is 0.490 e. The minimum Gasteiger partial charge on any atom is -0.490 e. The molecular formula is C22H24F2N4O3. The van der Waals surface area contributed by atoms with Crippen LogP contribution in [0, 0.1) is 0 Å². The van der Waals surface area contributed by atoms with Crippen molar-refractivity contribution in [3.63, 3.8) is 0 Å². The number of benzene rings is 1. The van der Waals surface area contributed by atoms with Crippen LogP contribution in [0.1, 0.15) is 55.2 Å². The van der Waals surface area contributed by atoms with Gasteiger partial charge in [0, 0.05) is 24.3 Å². The Hall–Kier alpha value is -3.07. The molecule has 1 aliphatic heterocycles.